The van der Waals surface area contributed by atoms with Gasteiger partial charge in [-0.05, 0) is 123 Å². The van der Waals surface area contributed by atoms with Crippen LogP contribution in [0.3, 0.4) is 0 Å². The van der Waals surface area contributed by atoms with Gasteiger partial charge in [0.2, 0.25) is 0 Å². The standard InChI is InChI=1S/C30H56N2O/c1-20(2)8-6-9-21(3)24-10-11-25-28-26(13-15-30(24,25)5)29(4)14-12-23(33)18-22(29)19-27(28)32-17-7-16-31/h20-28,32-33H,6-19,31H2,1-5H3/t21-,22-,23+,24-,25+,26+,27+,28+,29+,30-/m1/s1. The molecule has 4 fully saturated rings. The molecule has 4 rings (SSSR count). The van der Waals surface area contributed by atoms with Crippen molar-refractivity contribution in [3.8, 4) is 0 Å². The van der Waals surface area contributed by atoms with E-state index in [0.29, 0.717) is 22.8 Å². The van der Waals surface area contributed by atoms with Crippen LogP contribution in [0.1, 0.15) is 112 Å². The molecule has 33 heavy (non-hydrogen) atoms. The number of aliphatic hydroxyl groups excluding tert-OH is 1. The second kappa shape index (κ2) is 10.5. The predicted molar refractivity (Wildman–Crippen MR) is 140 cm³/mol. The fourth-order valence-corrected chi connectivity index (χ4v) is 9.87. The van der Waals surface area contributed by atoms with Crippen molar-refractivity contribution in [3.05, 3.63) is 0 Å². The minimum Gasteiger partial charge on any atom is -0.393 e. The van der Waals surface area contributed by atoms with Crippen LogP contribution in [0.15, 0.2) is 0 Å². The summed E-state index contributed by atoms with van der Waals surface area (Å²) in [5.41, 5.74) is 6.84. The molecule has 0 amide bonds. The Hall–Kier alpha value is -0.120. The number of nitrogens with one attached hydrogen (secondary N) is 1. The molecule has 4 N–H and O–H groups in total. The van der Waals surface area contributed by atoms with E-state index in [9.17, 15) is 5.11 Å². The number of rotatable bonds is 9. The fourth-order valence-electron chi connectivity index (χ4n) is 9.87. The first-order valence-corrected chi connectivity index (χ1v) is 14.8. The molecule has 10 atom stereocenters. The zero-order chi connectivity index (χ0) is 23.8. The maximum absolute atomic E-state index is 10.5. The maximum atomic E-state index is 10.5. The van der Waals surface area contributed by atoms with Crippen molar-refractivity contribution in [2.24, 2.45) is 58.0 Å². The zero-order valence-corrected chi connectivity index (χ0v) is 22.6. The summed E-state index contributed by atoms with van der Waals surface area (Å²) in [4.78, 5) is 0. The highest BCUT2D eigenvalue weighted by Gasteiger charge is 2.62. The number of hydrogen-bond donors (Lipinski definition) is 3. The lowest BCUT2D eigenvalue weighted by atomic mass is 9.43. The van der Waals surface area contributed by atoms with Gasteiger partial charge in [0.25, 0.3) is 0 Å². The molecular weight excluding hydrogens is 404 g/mol. The molecule has 0 aromatic heterocycles. The van der Waals surface area contributed by atoms with Gasteiger partial charge in [0, 0.05) is 6.04 Å². The lowest BCUT2D eigenvalue weighted by Gasteiger charge is -2.63. The van der Waals surface area contributed by atoms with E-state index in [-0.39, 0.29) is 6.10 Å². The summed E-state index contributed by atoms with van der Waals surface area (Å²) >= 11 is 0. The first kappa shape index (κ1) is 26.0. The summed E-state index contributed by atoms with van der Waals surface area (Å²) < 4.78 is 0. The quantitative estimate of drug-likeness (QED) is 0.350. The van der Waals surface area contributed by atoms with Gasteiger partial charge in [0.05, 0.1) is 6.10 Å². The van der Waals surface area contributed by atoms with Crippen LogP contribution in [-0.2, 0) is 0 Å². The normalized spacial score (nSPS) is 46.0. The lowest BCUT2D eigenvalue weighted by molar-refractivity contribution is -0.141. The summed E-state index contributed by atoms with van der Waals surface area (Å²) in [6.45, 7) is 14.5. The third-order valence-corrected chi connectivity index (χ3v) is 11.7. The molecule has 192 valence electrons. The van der Waals surface area contributed by atoms with Crippen molar-refractivity contribution in [2.75, 3.05) is 13.1 Å². The van der Waals surface area contributed by atoms with Gasteiger partial charge in [-0.1, -0.05) is 53.9 Å². The highest BCUT2D eigenvalue weighted by molar-refractivity contribution is 5.13. The molecule has 4 aliphatic carbocycles. The Labute approximate surface area is 205 Å². The molecule has 0 heterocycles. The Morgan fingerprint density at radius 1 is 0.909 bits per heavy atom. The molecule has 0 unspecified atom stereocenters. The van der Waals surface area contributed by atoms with E-state index in [0.717, 1.165) is 67.9 Å². The SMILES string of the molecule is CC(C)CCC[C@@H](C)[C@H]1CC[C@H]2[C@@H]3[C@@H](NCCCN)C[C@H]4C[C@@H](O)CC[C@]4(C)[C@H]3CC[C@]12C. The zero-order valence-electron chi connectivity index (χ0n) is 22.6. The van der Waals surface area contributed by atoms with Gasteiger partial charge in [0.1, 0.15) is 0 Å². The second-order valence-corrected chi connectivity index (χ2v) is 13.9. The molecule has 0 saturated heterocycles. The van der Waals surface area contributed by atoms with Crippen molar-refractivity contribution in [2.45, 2.75) is 124 Å². The Morgan fingerprint density at radius 2 is 1.64 bits per heavy atom. The van der Waals surface area contributed by atoms with E-state index in [2.05, 4.69) is 39.9 Å². The number of aliphatic hydroxyl groups is 1. The van der Waals surface area contributed by atoms with Crippen LogP contribution in [-0.4, -0.2) is 30.3 Å². The minimum atomic E-state index is -0.0688. The first-order valence-electron chi connectivity index (χ1n) is 14.8. The molecule has 0 bridgehead atoms. The van der Waals surface area contributed by atoms with Crippen LogP contribution in [0.4, 0.5) is 0 Å². The fraction of sp³-hybridized carbons (Fsp3) is 1.00. The highest BCUT2D eigenvalue weighted by atomic mass is 16.3. The summed E-state index contributed by atoms with van der Waals surface area (Å²) in [5, 5.41) is 14.6. The Bertz CT molecular complexity index is 637. The summed E-state index contributed by atoms with van der Waals surface area (Å²) in [6, 6.07) is 0.629. The van der Waals surface area contributed by atoms with Gasteiger partial charge >= 0.3 is 0 Å². The van der Waals surface area contributed by atoms with Gasteiger partial charge in [-0.15, -0.1) is 0 Å². The van der Waals surface area contributed by atoms with Crippen LogP contribution in [0.5, 0.6) is 0 Å². The highest BCUT2D eigenvalue weighted by Crippen LogP contribution is 2.68. The molecule has 0 aromatic rings. The van der Waals surface area contributed by atoms with Crippen LogP contribution in [0.25, 0.3) is 0 Å². The summed E-state index contributed by atoms with van der Waals surface area (Å²) in [6.07, 6.45) is 15.6. The van der Waals surface area contributed by atoms with E-state index in [1.165, 1.54) is 57.8 Å². The number of nitrogens with two attached hydrogens (primary N) is 1. The van der Waals surface area contributed by atoms with E-state index in [1.54, 1.807) is 0 Å². The minimum absolute atomic E-state index is 0.0688. The predicted octanol–water partition coefficient (Wildman–Crippen LogP) is 6.39. The van der Waals surface area contributed by atoms with Crippen LogP contribution in [0.2, 0.25) is 0 Å². The largest absolute Gasteiger partial charge is 0.393 e. The van der Waals surface area contributed by atoms with Crippen molar-refractivity contribution in [3.63, 3.8) is 0 Å². The van der Waals surface area contributed by atoms with Gasteiger partial charge in [-0.3, -0.25) is 0 Å². The van der Waals surface area contributed by atoms with Crippen molar-refractivity contribution in [1.29, 1.82) is 0 Å². The van der Waals surface area contributed by atoms with Gasteiger partial charge in [-0.2, -0.15) is 0 Å². The average Bonchev–Trinajstić information content (AvgIpc) is 3.11. The smallest absolute Gasteiger partial charge is 0.0543 e. The monoisotopic (exact) mass is 460 g/mol. The van der Waals surface area contributed by atoms with Crippen molar-refractivity contribution in [1.82, 2.24) is 5.32 Å². The van der Waals surface area contributed by atoms with E-state index in [1.807, 2.05) is 0 Å². The van der Waals surface area contributed by atoms with Crippen molar-refractivity contribution >= 4 is 0 Å². The van der Waals surface area contributed by atoms with Crippen molar-refractivity contribution < 1.29 is 5.11 Å². The van der Waals surface area contributed by atoms with E-state index in [4.69, 9.17) is 5.73 Å². The molecule has 4 saturated carbocycles. The molecule has 0 spiro atoms. The summed E-state index contributed by atoms with van der Waals surface area (Å²) in [7, 11) is 0. The topological polar surface area (TPSA) is 58.3 Å². The van der Waals surface area contributed by atoms with E-state index < -0.39 is 0 Å². The molecule has 3 nitrogen and oxygen atoms in total. The van der Waals surface area contributed by atoms with E-state index >= 15 is 0 Å². The molecule has 0 aromatic carbocycles. The maximum Gasteiger partial charge on any atom is 0.0543 e. The van der Waals surface area contributed by atoms with Gasteiger partial charge in [-0.25, -0.2) is 0 Å². The Balaban J connectivity index is 1.54. The third-order valence-electron chi connectivity index (χ3n) is 11.7. The number of fused-ring (bicyclic) bond motifs is 5. The molecule has 4 aliphatic rings. The molecule has 0 aliphatic heterocycles. The van der Waals surface area contributed by atoms with Gasteiger partial charge in [0.15, 0.2) is 0 Å². The molecule has 3 heteroatoms. The Morgan fingerprint density at radius 3 is 2.36 bits per heavy atom. The van der Waals surface area contributed by atoms with Crippen LogP contribution >= 0.6 is 0 Å². The lowest BCUT2D eigenvalue weighted by Crippen LogP contribution is -2.61. The average molecular weight is 461 g/mol. The van der Waals surface area contributed by atoms with Crippen LogP contribution < -0.4 is 11.1 Å². The molecular formula is C30H56N2O. The van der Waals surface area contributed by atoms with Crippen LogP contribution in [0, 0.1) is 52.3 Å². The third kappa shape index (κ3) is 4.94. The second-order valence-electron chi connectivity index (χ2n) is 13.9. The first-order chi connectivity index (χ1) is 15.7. The number of hydrogen-bond acceptors (Lipinski definition) is 3. The van der Waals surface area contributed by atoms with Gasteiger partial charge < -0.3 is 16.2 Å². The summed E-state index contributed by atoms with van der Waals surface area (Å²) in [5.74, 6) is 5.86. The Kier molecular flexibility index (Phi) is 8.24. The molecule has 0 radical (unpaired) electrons.